The molecule has 2 heteroatoms. The lowest BCUT2D eigenvalue weighted by atomic mass is 10.0. The van der Waals surface area contributed by atoms with Crippen LogP contribution < -0.4 is 0 Å². The highest BCUT2D eigenvalue weighted by Crippen LogP contribution is 2.13. The van der Waals surface area contributed by atoms with Crippen LogP contribution in [-0.2, 0) is 0 Å². The van der Waals surface area contributed by atoms with Crippen LogP contribution in [0.2, 0.25) is 0 Å². The molecular formula is C18H35ClS. The Morgan fingerprint density at radius 2 is 0.900 bits per heavy atom. The van der Waals surface area contributed by atoms with E-state index in [1.165, 1.54) is 96.3 Å². The van der Waals surface area contributed by atoms with Crippen LogP contribution >= 0.6 is 23.8 Å². The molecule has 0 bridgehead atoms. The molecular weight excluding hydrogens is 284 g/mol. The fraction of sp³-hybridized carbons (Fsp3) is 0.944. The first kappa shape index (κ1) is 20.4. The Hall–Kier alpha value is 0.380. The lowest BCUT2D eigenvalue weighted by Gasteiger charge is -2.03. The average molecular weight is 319 g/mol. The first-order valence-corrected chi connectivity index (χ1v) is 9.74. The standard InChI is InChI=1S/C18H35ClS/c1-2-3-4-5-6-7-8-9-10-11-12-13-14-15-16-17-18(19)20/h2-17H2,1H3. The Labute approximate surface area is 138 Å². The summed E-state index contributed by atoms with van der Waals surface area (Å²) < 4.78 is 0.652. The van der Waals surface area contributed by atoms with Crippen LogP contribution in [0.4, 0.5) is 0 Å². The molecule has 0 amide bonds. The third-order valence-corrected chi connectivity index (χ3v) is 4.37. The van der Waals surface area contributed by atoms with E-state index >= 15 is 0 Å². The van der Waals surface area contributed by atoms with E-state index in [-0.39, 0.29) is 0 Å². The second-order valence-electron chi connectivity index (χ2n) is 6.05. The molecule has 0 saturated carbocycles. The van der Waals surface area contributed by atoms with Gasteiger partial charge in [0, 0.05) is 0 Å². The number of rotatable bonds is 16. The summed E-state index contributed by atoms with van der Waals surface area (Å²) in [6, 6.07) is 0. The molecule has 0 aliphatic carbocycles. The van der Waals surface area contributed by atoms with Crippen LogP contribution in [0.25, 0.3) is 0 Å². The van der Waals surface area contributed by atoms with Crippen LogP contribution in [0.15, 0.2) is 0 Å². The largest absolute Gasteiger partial charge is 0.0808 e. The summed E-state index contributed by atoms with van der Waals surface area (Å²) in [6.45, 7) is 2.28. The molecule has 0 aromatic carbocycles. The van der Waals surface area contributed by atoms with Crippen molar-refractivity contribution in [1.29, 1.82) is 0 Å². The summed E-state index contributed by atoms with van der Waals surface area (Å²) in [4.78, 5) is 0. The average Bonchev–Trinajstić information content (AvgIpc) is 2.43. The highest BCUT2D eigenvalue weighted by molar-refractivity contribution is 7.83. The number of thiocarbonyl (C=S) groups is 1. The van der Waals surface area contributed by atoms with E-state index in [1.807, 2.05) is 0 Å². The predicted molar refractivity (Wildman–Crippen MR) is 98.0 cm³/mol. The zero-order chi connectivity index (χ0) is 14.9. The molecule has 0 aromatic rings. The number of hydrogen-bond acceptors (Lipinski definition) is 1. The van der Waals surface area contributed by atoms with Crippen LogP contribution in [0.5, 0.6) is 0 Å². The molecule has 120 valence electrons. The molecule has 0 radical (unpaired) electrons. The molecule has 0 aliphatic heterocycles. The van der Waals surface area contributed by atoms with Crippen molar-refractivity contribution < 1.29 is 0 Å². The normalized spacial score (nSPS) is 10.9. The molecule has 0 aromatic heterocycles. The minimum Gasteiger partial charge on any atom is -0.0765 e. The quantitative estimate of drug-likeness (QED) is 0.159. The minimum absolute atomic E-state index is 0.652. The lowest BCUT2D eigenvalue weighted by molar-refractivity contribution is 0.533. The van der Waals surface area contributed by atoms with Crippen molar-refractivity contribution in [3.8, 4) is 0 Å². The van der Waals surface area contributed by atoms with Crippen molar-refractivity contribution in [2.75, 3.05) is 0 Å². The van der Waals surface area contributed by atoms with E-state index < -0.39 is 0 Å². The first-order valence-electron chi connectivity index (χ1n) is 8.95. The molecule has 0 unspecified atom stereocenters. The summed E-state index contributed by atoms with van der Waals surface area (Å²) in [5, 5.41) is 0. The van der Waals surface area contributed by atoms with E-state index in [9.17, 15) is 0 Å². The van der Waals surface area contributed by atoms with Gasteiger partial charge < -0.3 is 0 Å². The molecule has 20 heavy (non-hydrogen) atoms. The van der Waals surface area contributed by atoms with Gasteiger partial charge in [-0.1, -0.05) is 121 Å². The maximum Gasteiger partial charge on any atom is 0.0808 e. The van der Waals surface area contributed by atoms with E-state index in [4.69, 9.17) is 23.8 Å². The van der Waals surface area contributed by atoms with Crippen molar-refractivity contribution in [3.63, 3.8) is 0 Å². The van der Waals surface area contributed by atoms with Crippen LogP contribution in [0.1, 0.15) is 110 Å². The molecule has 0 rings (SSSR count). The highest BCUT2D eigenvalue weighted by atomic mass is 35.5. The van der Waals surface area contributed by atoms with Gasteiger partial charge >= 0.3 is 0 Å². The van der Waals surface area contributed by atoms with Gasteiger partial charge in [-0.3, -0.25) is 0 Å². The summed E-state index contributed by atoms with van der Waals surface area (Å²) in [6.07, 6.45) is 22.0. The Morgan fingerprint density at radius 3 is 1.20 bits per heavy atom. The molecule has 0 fully saturated rings. The molecule has 0 saturated heterocycles. The number of hydrogen-bond donors (Lipinski definition) is 0. The maximum atomic E-state index is 5.67. The minimum atomic E-state index is 0.652. The molecule has 0 heterocycles. The Morgan fingerprint density at radius 1 is 0.600 bits per heavy atom. The van der Waals surface area contributed by atoms with E-state index in [1.54, 1.807) is 0 Å². The Bertz CT molecular complexity index is 204. The van der Waals surface area contributed by atoms with Crippen LogP contribution in [-0.4, -0.2) is 4.32 Å². The van der Waals surface area contributed by atoms with Gasteiger partial charge in [0.05, 0.1) is 4.32 Å². The van der Waals surface area contributed by atoms with Gasteiger partial charge in [-0.2, -0.15) is 0 Å². The van der Waals surface area contributed by atoms with Gasteiger partial charge in [-0.15, -0.1) is 0 Å². The summed E-state index contributed by atoms with van der Waals surface area (Å²) >= 11 is 10.5. The number of unbranched alkanes of at least 4 members (excludes halogenated alkanes) is 14. The second kappa shape index (κ2) is 17.4. The van der Waals surface area contributed by atoms with Gasteiger partial charge in [-0.05, 0) is 12.8 Å². The monoisotopic (exact) mass is 318 g/mol. The van der Waals surface area contributed by atoms with Crippen molar-refractivity contribution >= 4 is 28.1 Å². The fourth-order valence-corrected chi connectivity index (χ4v) is 2.91. The van der Waals surface area contributed by atoms with Crippen LogP contribution in [0.3, 0.4) is 0 Å². The van der Waals surface area contributed by atoms with Gasteiger partial charge in [0.15, 0.2) is 0 Å². The zero-order valence-corrected chi connectivity index (χ0v) is 15.2. The summed E-state index contributed by atoms with van der Waals surface area (Å²) in [7, 11) is 0. The zero-order valence-electron chi connectivity index (χ0n) is 13.6. The van der Waals surface area contributed by atoms with Crippen molar-refractivity contribution in [2.45, 2.75) is 110 Å². The molecule has 0 N–H and O–H groups in total. The molecule has 0 aliphatic rings. The SMILES string of the molecule is CCCCCCCCCCCCCCCCCC(=S)Cl. The van der Waals surface area contributed by atoms with Crippen LogP contribution in [0, 0.1) is 0 Å². The highest BCUT2D eigenvalue weighted by Gasteiger charge is 1.95. The van der Waals surface area contributed by atoms with Crippen molar-refractivity contribution in [2.24, 2.45) is 0 Å². The topological polar surface area (TPSA) is 0 Å². The molecule has 0 spiro atoms. The first-order chi connectivity index (χ1) is 9.77. The van der Waals surface area contributed by atoms with Gasteiger partial charge in [0.1, 0.15) is 0 Å². The van der Waals surface area contributed by atoms with Gasteiger partial charge in [-0.25, -0.2) is 0 Å². The smallest absolute Gasteiger partial charge is 0.0765 e. The lowest BCUT2D eigenvalue weighted by Crippen LogP contribution is -1.85. The van der Waals surface area contributed by atoms with Gasteiger partial charge in [0.25, 0.3) is 0 Å². The third-order valence-electron chi connectivity index (χ3n) is 3.98. The van der Waals surface area contributed by atoms with Crippen molar-refractivity contribution in [3.05, 3.63) is 0 Å². The number of halogens is 1. The molecule has 0 nitrogen and oxygen atoms in total. The predicted octanol–water partition coefficient (Wildman–Crippen LogP) is 7.81. The molecule has 0 atom stereocenters. The van der Waals surface area contributed by atoms with E-state index in [0.717, 1.165) is 6.42 Å². The third kappa shape index (κ3) is 18.4. The van der Waals surface area contributed by atoms with Crippen molar-refractivity contribution in [1.82, 2.24) is 0 Å². The summed E-state index contributed by atoms with van der Waals surface area (Å²) in [5.41, 5.74) is 0. The van der Waals surface area contributed by atoms with E-state index in [2.05, 4.69) is 6.92 Å². The van der Waals surface area contributed by atoms with E-state index in [0.29, 0.717) is 4.32 Å². The Balaban J connectivity index is 2.94. The summed E-state index contributed by atoms with van der Waals surface area (Å²) in [5.74, 6) is 0. The second-order valence-corrected chi connectivity index (χ2v) is 7.23. The van der Waals surface area contributed by atoms with Gasteiger partial charge in [0.2, 0.25) is 0 Å². The maximum absolute atomic E-state index is 5.67. The fourth-order valence-electron chi connectivity index (χ4n) is 2.64. The Kier molecular flexibility index (Phi) is 17.8.